The van der Waals surface area contributed by atoms with Crippen LogP contribution in [0, 0.1) is 17.2 Å². The van der Waals surface area contributed by atoms with Gasteiger partial charge in [-0.1, -0.05) is 13.0 Å². The van der Waals surface area contributed by atoms with Crippen LogP contribution in [0.15, 0.2) is 18.3 Å². The Morgan fingerprint density at radius 3 is 2.75 bits per heavy atom. The predicted octanol–water partition coefficient (Wildman–Crippen LogP) is 3.13. The van der Waals surface area contributed by atoms with E-state index in [4.69, 9.17) is 5.26 Å². The maximum atomic E-state index is 9.01. The van der Waals surface area contributed by atoms with Gasteiger partial charge in [0.2, 0.25) is 0 Å². The quantitative estimate of drug-likeness (QED) is 0.791. The zero-order valence-electron chi connectivity index (χ0n) is 13.1. The maximum Gasteiger partial charge on any atom is 0.133 e. The molecule has 0 spiro atoms. The molecule has 0 saturated heterocycles. The number of aromatic nitrogens is 1. The van der Waals surface area contributed by atoms with Gasteiger partial charge in [0.15, 0.2) is 0 Å². The molecule has 0 bridgehead atoms. The van der Waals surface area contributed by atoms with E-state index in [2.05, 4.69) is 48.1 Å². The molecule has 0 aliphatic carbocycles. The van der Waals surface area contributed by atoms with Crippen molar-refractivity contribution in [3.05, 3.63) is 23.9 Å². The van der Waals surface area contributed by atoms with Crippen molar-refractivity contribution in [3.63, 3.8) is 0 Å². The Morgan fingerprint density at radius 1 is 1.40 bits per heavy atom. The molecule has 1 rings (SSSR count). The Labute approximate surface area is 122 Å². The Bertz CT molecular complexity index is 438. The Kier molecular flexibility index (Phi) is 7.03. The number of nitriles is 1. The van der Waals surface area contributed by atoms with Gasteiger partial charge < -0.3 is 10.2 Å². The van der Waals surface area contributed by atoms with Crippen LogP contribution in [0.3, 0.4) is 0 Å². The minimum atomic E-state index is 0.00344. The van der Waals surface area contributed by atoms with Gasteiger partial charge in [-0.3, -0.25) is 0 Å². The molecule has 4 nitrogen and oxygen atoms in total. The normalized spacial score (nSPS) is 13.6. The molecule has 0 aromatic carbocycles. The third-order valence-electron chi connectivity index (χ3n) is 3.38. The molecule has 2 atom stereocenters. The average molecular weight is 274 g/mol. The summed E-state index contributed by atoms with van der Waals surface area (Å²) >= 11 is 0. The van der Waals surface area contributed by atoms with Crippen molar-refractivity contribution in [2.45, 2.75) is 40.2 Å². The van der Waals surface area contributed by atoms with Gasteiger partial charge in [0.1, 0.15) is 5.82 Å². The standard InChI is InChI=1S/C16H26N4/c1-5-9-18-14(4)15-8-7-10-19-16(15)20(6-2)12-13(3)11-17/h7-8,10,13-14,18H,5-6,9,12H2,1-4H3. The number of nitrogens with zero attached hydrogens (tertiary/aromatic N) is 3. The number of hydrogen-bond donors (Lipinski definition) is 1. The first-order valence-corrected chi connectivity index (χ1v) is 7.46. The molecule has 0 aliphatic heterocycles. The minimum absolute atomic E-state index is 0.00344. The van der Waals surface area contributed by atoms with Crippen LogP contribution in [0.25, 0.3) is 0 Å². The van der Waals surface area contributed by atoms with E-state index in [1.165, 1.54) is 5.56 Å². The van der Waals surface area contributed by atoms with Gasteiger partial charge in [0.05, 0.1) is 12.0 Å². The third kappa shape index (κ3) is 4.50. The molecule has 20 heavy (non-hydrogen) atoms. The largest absolute Gasteiger partial charge is 0.355 e. The van der Waals surface area contributed by atoms with Gasteiger partial charge in [-0.15, -0.1) is 0 Å². The predicted molar refractivity (Wildman–Crippen MR) is 83.6 cm³/mol. The van der Waals surface area contributed by atoms with Crippen molar-refractivity contribution in [2.75, 3.05) is 24.5 Å². The van der Waals surface area contributed by atoms with Crippen LogP contribution in [0.5, 0.6) is 0 Å². The summed E-state index contributed by atoms with van der Waals surface area (Å²) in [4.78, 5) is 6.73. The number of hydrogen-bond acceptors (Lipinski definition) is 4. The highest BCUT2D eigenvalue weighted by atomic mass is 15.2. The fraction of sp³-hybridized carbons (Fsp3) is 0.625. The molecule has 0 amide bonds. The molecule has 0 aliphatic rings. The van der Waals surface area contributed by atoms with Crippen molar-refractivity contribution >= 4 is 5.82 Å². The molecular weight excluding hydrogens is 248 g/mol. The molecule has 0 saturated carbocycles. The summed E-state index contributed by atoms with van der Waals surface area (Å²) in [5.74, 6) is 0.997. The summed E-state index contributed by atoms with van der Waals surface area (Å²) < 4.78 is 0. The molecule has 1 heterocycles. The summed E-state index contributed by atoms with van der Waals surface area (Å²) in [7, 11) is 0. The lowest BCUT2D eigenvalue weighted by atomic mass is 10.1. The second kappa shape index (κ2) is 8.55. The van der Waals surface area contributed by atoms with Gasteiger partial charge in [0, 0.05) is 30.9 Å². The lowest BCUT2D eigenvalue weighted by Crippen LogP contribution is -2.31. The fourth-order valence-electron chi connectivity index (χ4n) is 2.22. The monoisotopic (exact) mass is 274 g/mol. The van der Waals surface area contributed by atoms with Gasteiger partial charge in [-0.05, 0) is 39.8 Å². The first kappa shape index (κ1) is 16.5. The van der Waals surface area contributed by atoms with E-state index in [0.29, 0.717) is 0 Å². The lowest BCUT2D eigenvalue weighted by Gasteiger charge is -2.27. The van der Waals surface area contributed by atoms with Gasteiger partial charge >= 0.3 is 0 Å². The van der Waals surface area contributed by atoms with Gasteiger partial charge in [-0.25, -0.2) is 4.98 Å². The molecule has 110 valence electrons. The molecule has 0 radical (unpaired) electrons. The topological polar surface area (TPSA) is 52.0 Å². The first-order chi connectivity index (χ1) is 9.63. The van der Waals surface area contributed by atoms with Crippen LogP contribution < -0.4 is 10.2 Å². The molecule has 2 unspecified atom stereocenters. The number of pyridine rings is 1. The average Bonchev–Trinajstić information content (AvgIpc) is 2.49. The highest BCUT2D eigenvalue weighted by Crippen LogP contribution is 2.24. The van der Waals surface area contributed by atoms with E-state index in [9.17, 15) is 0 Å². The summed E-state index contributed by atoms with van der Waals surface area (Å²) in [6.07, 6.45) is 2.94. The van der Waals surface area contributed by atoms with Crippen molar-refractivity contribution in [2.24, 2.45) is 5.92 Å². The highest BCUT2D eigenvalue weighted by molar-refractivity contribution is 5.48. The smallest absolute Gasteiger partial charge is 0.133 e. The zero-order valence-corrected chi connectivity index (χ0v) is 13.1. The van der Waals surface area contributed by atoms with Gasteiger partial charge in [0.25, 0.3) is 0 Å². The van der Waals surface area contributed by atoms with Crippen LogP contribution in [0.2, 0.25) is 0 Å². The SMILES string of the molecule is CCCNC(C)c1cccnc1N(CC)CC(C)C#N. The van der Waals surface area contributed by atoms with Crippen LogP contribution in [0.4, 0.5) is 5.82 Å². The molecule has 1 aromatic rings. The van der Waals surface area contributed by atoms with Crippen LogP contribution in [-0.4, -0.2) is 24.6 Å². The molecule has 4 heteroatoms. The van der Waals surface area contributed by atoms with E-state index in [-0.39, 0.29) is 12.0 Å². The first-order valence-electron chi connectivity index (χ1n) is 7.46. The van der Waals surface area contributed by atoms with Crippen molar-refractivity contribution in [3.8, 4) is 6.07 Å². The summed E-state index contributed by atoms with van der Waals surface area (Å²) in [5.41, 5.74) is 1.20. The molecule has 1 N–H and O–H groups in total. The molecule has 0 fully saturated rings. The van der Waals surface area contributed by atoms with Crippen molar-refractivity contribution < 1.29 is 0 Å². The van der Waals surface area contributed by atoms with E-state index in [1.807, 2.05) is 19.2 Å². The summed E-state index contributed by atoms with van der Waals surface area (Å²) in [6.45, 7) is 11.0. The lowest BCUT2D eigenvalue weighted by molar-refractivity contribution is 0.565. The molecular formula is C16H26N4. The summed E-state index contributed by atoms with van der Waals surface area (Å²) in [5, 5.41) is 12.5. The minimum Gasteiger partial charge on any atom is -0.355 e. The fourth-order valence-corrected chi connectivity index (χ4v) is 2.22. The maximum absolute atomic E-state index is 9.01. The Morgan fingerprint density at radius 2 is 2.15 bits per heavy atom. The van der Waals surface area contributed by atoms with Crippen molar-refractivity contribution in [1.82, 2.24) is 10.3 Å². The van der Waals surface area contributed by atoms with Crippen LogP contribution >= 0.6 is 0 Å². The number of rotatable bonds is 8. The zero-order chi connectivity index (χ0) is 15.0. The second-order valence-electron chi connectivity index (χ2n) is 5.16. The Hall–Kier alpha value is -1.60. The van der Waals surface area contributed by atoms with E-state index >= 15 is 0 Å². The third-order valence-corrected chi connectivity index (χ3v) is 3.38. The number of anilines is 1. The second-order valence-corrected chi connectivity index (χ2v) is 5.16. The van der Waals surface area contributed by atoms with Crippen LogP contribution in [-0.2, 0) is 0 Å². The highest BCUT2D eigenvalue weighted by Gasteiger charge is 2.17. The van der Waals surface area contributed by atoms with E-state index in [1.54, 1.807) is 0 Å². The molecule has 1 aromatic heterocycles. The van der Waals surface area contributed by atoms with Crippen molar-refractivity contribution in [1.29, 1.82) is 5.26 Å². The van der Waals surface area contributed by atoms with E-state index in [0.717, 1.165) is 31.9 Å². The van der Waals surface area contributed by atoms with Gasteiger partial charge in [-0.2, -0.15) is 5.26 Å². The van der Waals surface area contributed by atoms with Crippen LogP contribution in [0.1, 0.15) is 45.7 Å². The van der Waals surface area contributed by atoms with E-state index < -0.39 is 0 Å². The Balaban J connectivity index is 2.95. The number of nitrogens with one attached hydrogen (secondary N) is 1. The summed E-state index contributed by atoms with van der Waals surface area (Å²) in [6, 6.07) is 6.66.